The quantitative estimate of drug-likeness (QED) is 0.766. The molecule has 136 valence electrons. The Morgan fingerprint density at radius 1 is 1.16 bits per heavy atom. The molecule has 1 atom stereocenters. The topological polar surface area (TPSA) is 64.7 Å². The van der Waals surface area contributed by atoms with Crippen molar-refractivity contribution in [2.45, 2.75) is 19.9 Å². The number of hydrogen-bond donors (Lipinski definition) is 2. The van der Waals surface area contributed by atoms with Gasteiger partial charge in [0.15, 0.2) is 0 Å². The maximum atomic E-state index is 12.1. The predicted molar refractivity (Wildman–Crippen MR) is 101 cm³/mol. The number of hydrogen-bond acceptors (Lipinski definition) is 4. The Morgan fingerprint density at radius 3 is 2.40 bits per heavy atom. The lowest BCUT2D eigenvalue weighted by atomic mass is 10.2. The lowest BCUT2D eigenvalue weighted by molar-refractivity contribution is -0.117. The van der Waals surface area contributed by atoms with E-state index in [0.717, 1.165) is 44.0 Å². The van der Waals surface area contributed by atoms with E-state index in [1.807, 2.05) is 31.2 Å². The molecule has 0 saturated carbocycles. The molecule has 1 saturated heterocycles. The van der Waals surface area contributed by atoms with Crippen LogP contribution >= 0.6 is 0 Å². The molecule has 6 heteroatoms. The van der Waals surface area contributed by atoms with Crippen LogP contribution in [0.25, 0.3) is 6.08 Å². The SMILES string of the molecule is CC(=O)Nc1ccc(/C=C/C(=O)N[C@H](C)CN2CCN(C)CC2)cc1. The van der Waals surface area contributed by atoms with E-state index in [2.05, 4.69) is 27.5 Å². The Labute approximate surface area is 149 Å². The van der Waals surface area contributed by atoms with Crippen molar-refractivity contribution in [3.8, 4) is 0 Å². The molecule has 2 amide bonds. The van der Waals surface area contributed by atoms with Gasteiger partial charge in [-0.2, -0.15) is 0 Å². The molecule has 6 nitrogen and oxygen atoms in total. The van der Waals surface area contributed by atoms with Crippen molar-refractivity contribution in [2.75, 3.05) is 45.1 Å². The van der Waals surface area contributed by atoms with Crippen molar-refractivity contribution in [3.05, 3.63) is 35.9 Å². The molecule has 0 spiro atoms. The zero-order valence-electron chi connectivity index (χ0n) is 15.3. The Kier molecular flexibility index (Phi) is 7.16. The van der Waals surface area contributed by atoms with Crippen LogP contribution in [0.3, 0.4) is 0 Å². The monoisotopic (exact) mass is 344 g/mol. The van der Waals surface area contributed by atoms with Crippen LogP contribution in [0, 0.1) is 0 Å². The van der Waals surface area contributed by atoms with Crippen molar-refractivity contribution >= 4 is 23.6 Å². The van der Waals surface area contributed by atoms with Gasteiger partial charge in [0.25, 0.3) is 0 Å². The molecule has 0 bridgehead atoms. The first-order valence-electron chi connectivity index (χ1n) is 8.69. The van der Waals surface area contributed by atoms with E-state index in [0.29, 0.717) is 0 Å². The second-order valence-electron chi connectivity index (χ2n) is 6.65. The van der Waals surface area contributed by atoms with E-state index in [1.54, 1.807) is 12.2 Å². The van der Waals surface area contributed by atoms with Crippen LogP contribution in [0.4, 0.5) is 5.69 Å². The normalized spacial score (nSPS) is 17.4. The first kappa shape index (κ1) is 19.1. The number of carbonyl (C=O) groups is 2. The summed E-state index contributed by atoms with van der Waals surface area (Å²) in [6.45, 7) is 8.64. The third-order valence-electron chi connectivity index (χ3n) is 4.17. The number of benzene rings is 1. The van der Waals surface area contributed by atoms with Gasteiger partial charge in [0, 0.05) is 57.5 Å². The van der Waals surface area contributed by atoms with Crippen LogP contribution in [-0.4, -0.2) is 67.4 Å². The molecule has 1 aliphatic heterocycles. The third-order valence-corrected chi connectivity index (χ3v) is 4.17. The van der Waals surface area contributed by atoms with Crippen molar-refractivity contribution < 1.29 is 9.59 Å². The summed E-state index contributed by atoms with van der Waals surface area (Å²) in [5.41, 5.74) is 1.66. The maximum absolute atomic E-state index is 12.1. The average molecular weight is 344 g/mol. The minimum Gasteiger partial charge on any atom is -0.349 e. The molecule has 0 aromatic heterocycles. The fourth-order valence-electron chi connectivity index (χ4n) is 2.81. The highest BCUT2D eigenvalue weighted by molar-refractivity contribution is 5.92. The van der Waals surface area contributed by atoms with Crippen LogP contribution in [0.15, 0.2) is 30.3 Å². The molecule has 2 N–H and O–H groups in total. The van der Waals surface area contributed by atoms with E-state index in [9.17, 15) is 9.59 Å². The zero-order chi connectivity index (χ0) is 18.2. The van der Waals surface area contributed by atoms with Gasteiger partial charge < -0.3 is 15.5 Å². The van der Waals surface area contributed by atoms with Gasteiger partial charge in [0.1, 0.15) is 0 Å². The van der Waals surface area contributed by atoms with E-state index in [1.165, 1.54) is 6.92 Å². The number of likely N-dealkylation sites (N-methyl/N-ethyl adjacent to an activating group) is 1. The molecule has 1 heterocycles. The predicted octanol–water partition coefficient (Wildman–Crippen LogP) is 1.41. The molecule has 0 radical (unpaired) electrons. The van der Waals surface area contributed by atoms with Gasteiger partial charge in [-0.25, -0.2) is 0 Å². The lowest BCUT2D eigenvalue weighted by Crippen LogP contribution is -2.49. The van der Waals surface area contributed by atoms with Crippen LogP contribution in [-0.2, 0) is 9.59 Å². The first-order valence-corrected chi connectivity index (χ1v) is 8.69. The van der Waals surface area contributed by atoms with Gasteiger partial charge in [-0.1, -0.05) is 12.1 Å². The molecule has 1 aromatic carbocycles. The van der Waals surface area contributed by atoms with Gasteiger partial charge in [-0.05, 0) is 37.7 Å². The molecule has 0 aliphatic carbocycles. The van der Waals surface area contributed by atoms with E-state index in [4.69, 9.17) is 0 Å². The number of nitrogens with one attached hydrogen (secondary N) is 2. The molecule has 1 aromatic rings. The van der Waals surface area contributed by atoms with Gasteiger partial charge in [-0.15, -0.1) is 0 Å². The van der Waals surface area contributed by atoms with Crippen molar-refractivity contribution in [1.82, 2.24) is 15.1 Å². The molecule has 1 aliphatic rings. The van der Waals surface area contributed by atoms with Gasteiger partial charge in [0.2, 0.25) is 11.8 Å². The summed E-state index contributed by atoms with van der Waals surface area (Å²) in [6, 6.07) is 7.47. The number of piperazine rings is 1. The van der Waals surface area contributed by atoms with Crippen molar-refractivity contribution in [1.29, 1.82) is 0 Å². The average Bonchev–Trinajstić information content (AvgIpc) is 2.56. The standard InChI is InChI=1S/C19H28N4O2/c1-15(14-23-12-10-22(3)11-13-23)20-19(25)9-6-17-4-7-18(8-5-17)21-16(2)24/h4-9,15H,10-14H2,1-3H3,(H,20,25)(H,21,24)/b9-6+/t15-/m1/s1. The molecule has 0 unspecified atom stereocenters. The fraction of sp³-hybridized carbons (Fsp3) is 0.474. The van der Waals surface area contributed by atoms with Gasteiger partial charge >= 0.3 is 0 Å². The highest BCUT2D eigenvalue weighted by atomic mass is 16.2. The van der Waals surface area contributed by atoms with Crippen molar-refractivity contribution in [2.24, 2.45) is 0 Å². The van der Waals surface area contributed by atoms with Crippen LogP contribution in [0.5, 0.6) is 0 Å². The summed E-state index contributed by atoms with van der Waals surface area (Å²) in [5, 5.41) is 5.72. The molecular formula is C19H28N4O2. The third kappa shape index (κ3) is 7.07. The number of amides is 2. The lowest BCUT2D eigenvalue weighted by Gasteiger charge is -2.33. The fourth-order valence-corrected chi connectivity index (χ4v) is 2.81. The molecule has 2 rings (SSSR count). The van der Waals surface area contributed by atoms with Gasteiger partial charge in [-0.3, -0.25) is 14.5 Å². The molecule has 25 heavy (non-hydrogen) atoms. The number of rotatable bonds is 6. The summed E-state index contributed by atoms with van der Waals surface area (Å²) in [4.78, 5) is 27.7. The Hall–Kier alpha value is -2.18. The molecule has 1 fully saturated rings. The highest BCUT2D eigenvalue weighted by Gasteiger charge is 2.16. The Morgan fingerprint density at radius 2 is 1.80 bits per heavy atom. The number of carbonyl (C=O) groups excluding carboxylic acids is 2. The Balaban J connectivity index is 1.76. The number of anilines is 1. The first-order chi connectivity index (χ1) is 11.9. The minimum absolute atomic E-state index is 0.0902. The summed E-state index contributed by atoms with van der Waals surface area (Å²) < 4.78 is 0. The zero-order valence-corrected chi connectivity index (χ0v) is 15.3. The summed E-state index contributed by atoms with van der Waals surface area (Å²) in [6.07, 6.45) is 3.32. The van der Waals surface area contributed by atoms with Crippen LogP contribution in [0.1, 0.15) is 19.4 Å². The maximum Gasteiger partial charge on any atom is 0.244 e. The minimum atomic E-state index is -0.1000. The van der Waals surface area contributed by atoms with E-state index < -0.39 is 0 Å². The molecular weight excluding hydrogens is 316 g/mol. The van der Waals surface area contributed by atoms with Gasteiger partial charge in [0.05, 0.1) is 0 Å². The van der Waals surface area contributed by atoms with Crippen LogP contribution < -0.4 is 10.6 Å². The second kappa shape index (κ2) is 9.34. The Bertz CT molecular complexity index is 604. The van der Waals surface area contributed by atoms with E-state index >= 15 is 0 Å². The smallest absolute Gasteiger partial charge is 0.244 e. The largest absolute Gasteiger partial charge is 0.349 e. The second-order valence-corrected chi connectivity index (χ2v) is 6.65. The summed E-state index contributed by atoms with van der Waals surface area (Å²) >= 11 is 0. The summed E-state index contributed by atoms with van der Waals surface area (Å²) in [5.74, 6) is -0.190. The van der Waals surface area contributed by atoms with Crippen molar-refractivity contribution in [3.63, 3.8) is 0 Å². The van der Waals surface area contributed by atoms with Crippen LogP contribution in [0.2, 0.25) is 0 Å². The summed E-state index contributed by atoms with van der Waals surface area (Å²) in [7, 11) is 2.13. The highest BCUT2D eigenvalue weighted by Crippen LogP contribution is 2.10. The van der Waals surface area contributed by atoms with E-state index in [-0.39, 0.29) is 17.9 Å². The number of nitrogens with zero attached hydrogens (tertiary/aromatic N) is 2.